The smallest absolute Gasteiger partial charge is 0.237 e. The molecule has 3 heteroatoms. The molecule has 0 aliphatic carbocycles. The van der Waals surface area contributed by atoms with Gasteiger partial charge in [-0.15, -0.1) is 0 Å². The highest BCUT2D eigenvalue weighted by Crippen LogP contribution is 2.09. The maximum Gasteiger partial charge on any atom is 0.237 e. The van der Waals surface area contributed by atoms with E-state index in [0.29, 0.717) is 6.54 Å². The summed E-state index contributed by atoms with van der Waals surface area (Å²) < 4.78 is 0. The fourth-order valence-electron chi connectivity index (χ4n) is 2.19. The van der Waals surface area contributed by atoms with Crippen LogP contribution in [0.5, 0.6) is 0 Å². The number of carbonyl (C=O) groups excluding carboxylic acids is 1. The van der Waals surface area contributed by atoms with Gasteiger partial charge in [-0.05, 0) is 37.4 Å². The van der Waals surface area contributed by atoms with Gasteiger partial charge < -0.3 is 10.6 Å². The van der Waals surface area contributed by atoms with Crippen LogP contribution in [0.25, 0.3) is 0 Å². The van der Waals surface area contributed by atoms with Crippen molar-refractivity contribution in [2.24, 2.45) is 0 Å². The second-order valence-corrected chi connectivity index (χ2v) is 4.65. The molecule has 3 nitrogen and oxygen atoms in total. The van der Waals surface area contributed by atoms with Crippen LogP contribution < -0.4 is 10.6 Å². The molecule has 1 unspecified atom stereocenters. The molecule has 1 heterocycles. The molecule has 2 rings (SSSR count). The van der Waals surface area contributed by atoms with E-state index in [2.05, 4.69) is 29.7 Å². The highest BCUT2D eigenvalue weighted by molar-refractivity contribution is 5.81. The van der Waals surface area contributed by atoms with Crippen molar-refractivity contribution in [3.8, 4) is 0 Å². The summed E-state index contributed by atoms with van der Waals surface area (Å²) in [6.45, 7) is 3.66. The van der Waals surface area contributed by atoms with Gasteiger partial charge in [-0.3, -0.25) is 4.79 Å². The Morgan fingerprint density at radius 2 is 2.24 bits per heavy atom. The molecule has 1 saturated heterocycles. The van der Waals surface area contributed by atoms with Crippen molar-refractivity contribution in [3.63, 3.8) is 0 Å². The predicted molar refractivity (Wildman–Crippen MR) is 68.7 cm³/mol. The number of hydrogen-bond donors (Lipinski definition) is 2. The number of nitrogens with one attached hydrogen (secondary N) is 2. The fourth-order valence-corrected chi connectivity index (χ4v) is 2.19. The van der Waals surface area contributed by atoms with Gasteiger partial charge in [0.25, 0.3) is 0 Å². The number of hydrogen-bond acceptors (Lipinski definition) is 2. The van der Waals surface area contributed by atoms with Crippen molar-refractivity contribution in [1.82, 2.24) is 10.6 Å². The Labute approximate surface area is 103 Å². The van der Waals surface area contributed by atoms with Crippen molar-refractivity contribution < 1.29 is 4.79 Å². The van der Waals surface area contributed by atoms with Crippen LogP contribution in [0.4, 0.5) is 0 Å². The summed E-state index contributed by atoms with van der Waals surface area (Å²) in [5, 5.41) is 6.27. The van der Waals surface area contributed by atoms with Crippen LogP contribution in [0.3, 0.4) is 0 Å². The van der Waals surface area contributed by atoms with Crippen molar-refractivity contribution in [3.05, 3.63) is 35.4 Å². The molecule has 1 amide bonds. The number of amides is 1. The topological polar surface area (TPSA) is 41.1 Å². The lowest BCUT2D eigenvalue weighted by atomic mass is 10.0. The third-order valence-corrected chi connectivity index (χ3v) is 3.34. The lowest BCUT2D eigenvalue weighted by Crippen LogP contribution is -2.46. The number of piperidine rings is 1. The highest BCUT2D eigenvalue weighted by Gasteiger charge is 2.19. The second kappa shape index (κ2) is 5.82. The molecule has 0 radical (unpaired) electrons. The SMILES string of the molecule is Cc1ccccc1CNC(=O)C1CCCCN1. The quantitative estimate of drug-likeness (QED) is 0.833. The zero-order valence-corrected chi connectivity index (χ0v) is 10.3. The van der Waals surface area contributed by atoms with E-state index in [-0.39, 0.29) is 11.9 Å². The van der Waals surface area contributed by atoms with Gasteiger partial charge in [-0.1, -0.05) is 30.7 Å². The maximum atomic E-state index is 11.9. The Bertz CT molecular complexity index is 384. The van der Waals surface area contributed by atoms with Gasteiger partial charge in [-0.2, -0.15) is 0 Å². The first kappa shape index (κ1) is 12.1. The molecule has 1 aliphatic rings. The fraction of sp³-hybridized carbons (Fsp3) is 0.500. The number of aryl methyl sites for hydroxylation is 1. The van der Waals surface area contributed by atoms with E-state index >= 15 is 0 Å². The molecular weight excluding hydrogens is 212 g/mol. The minimum Gasteiger partial charge on any atom is -0.351 e. The molecule has 92 valence electrons. The Morgan fingerprint density at radius 1 is 1.41 bits per heavy atom. The predicted octanol–water partition coefficient (Wildman–Crippen LogP) is 1.75. The number of carbonyl (C=O) groups is 1. The van der Waals surface area contributed by atoms with Crippen LogP contribution in [0.2, 0.25) is 0 Å². The monoisotopic (exact) mass is 232 g/mol. The van der Waals surface area contributed by atoms with Gasteiger partial charge in [-0.25, -0.2) is 0 Å². The van der Waals surface area contributed by atoms with Gasteiger partial charge in [0.1, 0.15) is 0 Å². The molecule has 2 N–H and O–H groups in total. The van der Waals surface area contributed by atoms with Crippen LogP contribution >= 0.6 is 0 Å². The molecule has 17 heavy (non-hydrogen) atoms. The molecule has 0 aromatic heterocycles. The summed E-state index contributed by atoms with van der Waals surface area (Å²) in [7, 11) is 0. The minimum absolute atomic E-state index is 0.00719. The Hall–Kier alpha value is -1.35. The van der Waals surface area contributed by atoms with Crippen molar-refractivity contribution >= 4 is 5.91 Å². The summed E-state index contributed by atoms with van der Waals surface area (Å²) in [6.07, 6.45) is 3.29. The maximum absolute atomic E-state index is 11.9. The first-order chi connectivity index (χ1) is 8.27. The Morgan fingerprint density at radius 3 is 2.94 bits per heavy atom. The molecule has 1 aromatic rings. The lowest BCUT2D eigenvalue weighted by molar-refractivity contribution is -0.123. The largest absolute Gasteiger partial charge is 0.351 e. The van der Waals surface area contributed by atoms with E-state index < -0.39 is 0 Å². The van der Waals surface area contributed by atoms with Crippen LogP contribution in [-0.4, -0.2) is 18.5 Å². The zero-order chi connectivity index (χ0) is 12.1. The van der Waals surface area contributed by atoms with E-state index in [0.717, 1.165) is 19.4 Å². The van der Waals surface area contributed by atoms with Crippen LogP contribution in [-0.2, 0) is 11.3 Å². The molecule has 1 aromatic carbocycles. The molecule has 1 fully saturated rings. The van der Waals surface area contributed by atoms with Crippen molar-refractivity contribution in [1.29, 1.82) is 0 Å². The molecular formula is C14H20N2O. The average molecular weight is 232 g/mol. The normalized spacial score (nSPS) is 19.9. The van der Waals surface area contributed by atoms with Crippen LogP contribution in [0, 0.1) is 6.92 Å². The standard InChI is InChI=1S/C14H20N2O/c1-11-6-2-3-7-12(11)10-16-14(17)13-8-4-5-9-15-13/h2-3,6-7,13,15H,4-5,8-10H2,1H3,(H,16,17). The third kappa shape index (κ3) is 3.30. The minimum atomic E-state index is 0.00719. The summed E-state index contributed by atoms with van der Waals surface area (Å²) >= 11 is 0. The average Bonchev–Trinajstić information content (AvgIpc) is 2.38. The van der Waals surface area contributed by atoms with E-state index in [1.807, 2.05) is 12.1 Å². The van der Waals surface area contributed by atoms with Gasteiger partial charge in [0, 0.05) is 6.54 Å². The molecule has 0 bridgehead atoms. The van der Waals surface area contributed by atoms with Gasteiger partial charge in [0.15, 0.2) is 0 Å². The molecule has 0 spiro atoms. The Kier molecular flexibility index (Phi) is 4.15. The van der Waals surface area contributed by atoms with Gasteiger partial charge in [0.2, 0.25) is 5.91 Å². The van der Waals surface area contributed by atoms with Gasteiger partial charge >= 0.3 is 0 Å². The van der Waals surface area contributed by atoms with E-state index in [1.165, 1.54) is 17.5 Å². The first-order valence-corrected chi connectivity index (χ1v) is 6.33. The summed E-state index contributed by atoms with van der Waals surface area (Å²) in [5.41, 5.74) is 2.42. The third-order valence-electron chi connectivity index (χ3n) is 3.34. The van der Waals surface area contributed by atoms with E-state index in [9.17, 15) is 4.79 Å². The summed E-state index contributed by atoms with van der Waals surface area (Å²) in [5.74, 6) is 0.132. The number of rotatable bonds is 3. The second-order valence-electron chi connectivity index (χ2n) is 4.65. The zero-order valence-electron chi connectivity index (χ0n) is 10.3. The molecule has 0 saturated carbocycles. The van der Waals surface area contributed by atoms with Crippen LogP contribution in [0.15, 0.2) is 24.3 Å². The highest BCUT2D eigenvalue weighted by atomic mass is 16.2. The lowest BCUT2D eigenvalue weighted by Gasteiger charge is -2.22. The van der Waals surface area contributed by atoms with Crippen molar-refractivity contribution in [2.45, 2.75) is 38.8 Å². The molecule has 1 atom stereocenters. The summed E-state index contributed by atoms with van der Waals surface area (Å²) in [4.78, 5) is 11.9. The van der Waals surface area contributed by atoms with E-state index in [4.69, 9.17) is 0 Å². The van der Waals surface area contributed by atoms with Gasteiger partial charge in [0.05, 0.1) is 6.04 Å². The van der Waals surface area contributed by atoms with Crippen molar-refractivity contribution in [2.75, 3.05) is 6.54 Å². The van der Waals surface area contributed by atoms with E-state index in [1.54, 1.807) is 0 Å². The van der Waals surface area contributed by atoms with Crippen LogP contribution in [0.1, 0.15) is 30.4 Å². The first-order valence-electron chi connectivity index (χ1n) is 6.33. The number of benzene rings is 1. The Balaban J connectivity index is 1.85. The summed E-state index contributed by atoms with van der Waals surface area (Å²) in [6, 6.07) is 8.16. The molecule has 1 aliphatic heterocycles.